The molecule has 5 heteroatoms. The van der Waals surface area contributed by atoms with Gasteiger partial charge in [-0.3, -0.25) is 4.79 Å². The summed E-state index contributed by atoms with van der Waals surface area (Å²) in [6.45, 7) is 1.06. The summed E-state index contributed by atoms with van der Waals surface area (Å²) < 4.78 is 19.1. The molecule has 20 heavy (non-hydrogen) atoms. The fourth-order valence-electron chi connectivity index (χ4n) is 2.36. The minimum absolute atomic E-state index is 0.0560. The number of rotatable bonds is 6. The van der Waals surface area contributed by atoms with E-state index in [1.807, 2.05) is 0 Å². The van der Waals surface area contributed by atoms with Crippen molar-refractivity contribution >= 4 is 5.91 Å². The van der Waals surface area contributed by atoms with Crippen molar-refractivity contribution in [1.29, 1.82) is 0 Å². The second-order valence-electron chi connectivity index (χ2n) is 5.05. The Kier molecular flexibility index (Phi) is 5.35. The molecule has 1 aromatic carbocycles. The van der Waals surface area contributed by atoms with E-state index in [9.17, 15) is 9.18 Å². The van der Waals surface area contributed by atoms with Crippen LogP contribution >= 0.6 is 0 Å². The second-order valence-corrected chi connectivity index (χ2v) is 5.05. The molecule has 0 aliphatic heterocycles. The number of hydrogen-bond donors (Lipinski definition) is 2. The van der Waals surface area contributed by atoms with Crippen molar-refractivity contribution in [3.63, 3.8) is 0 Å². The maximum Gasteiger partial charge on any atom is 0.254 e. The minimum atomic E-state index is -0.718. The Balaban J connectivity index is 1.66. The van der Waals surface area contributed by atoms with E-state index in [0.29, 0.717) is 25.7 Å². The number of halogens is 1. The molecule has 2 N–H and O–H groups in total. The standard InChI is InChI=1S/C15H20FNO3/c16-14-10-11(18)6-7-13(14)15(19)17-8-3-9-20-12-4-1-2-5-12/h6-7,10,12,18H,1-5,8-9H2,(H,17,19). The zero-order chi connectivity index (χ0) is 14.4. The first-order valence-electron chi connectivity index (χ1n) is 7.05. The average molecular weight is 281 g/mol. The van der Waals surface area contributed by atoms with Gasteiger partial charge in [-0.05, 0) is 31.4 Å². The normalized spacial score (nSPS) is 15.4. The zero-order valence-electron chi connectivity index (χ0n) is 11.4. The van der Waals surface area contributed by atoms with Crippen LogP contribution in [0.1, 0.15) is 42.5 Å². The van der Waals surface area contributed by atoms with Crippen LogP contribution in [0.25, 0.3) is 0 Å². The monoisotopic (exact) mass is 281 g/mol. The number of amides is 1. The molecule has 0 unspecified atom stereocenters. The summed E-state index contributed by atoms with van der Waals surface area (Å²) in [6.07, 6.45) is 5.82. The highest BCUT2D eigenvalue weighted by atomic mass is 19.1. The highest BCUT2D eigenvalue weighted by molar-refractivity contribution is 5.94. The Morgan fingerprint density at radius 1 is 1.40 bits per heavy atom. The van der Waals surface area contributed by atoms with Gasteiger partial charge >= 0.3 is 0 Å². The maximum absolute atomic E-state index is 13.4. The number of ether oxygens (including phenoxy) is 1. The molecule has 0 saturated heterocycles. The van der Waals surface area contributed by atoms with Crippen molar-refractivity contribution < 1.29 is 19.0 Å². The van der Waals surface area contributed by atoms with Gasteiger partial charge in [0, 0.05) is 19.2 Å². The number of carbonyl (C=O) groups is 1. The highest BCUT2D eigenvalue weighted by Crippen LogP contribution is 2.20. The van der Waals surface area contributed by atoms with E-state index in [0.717, 1.165) is 18.9 Å². The quantitative estimate of drug-likeness (QED) is 0.788. The Hall–Kier alpha value is -1.62. The lowest BCUT2D eigenvalue weighted by atomic mass is 10.2. The van der Waals surface area contributed by atoms with Crippen molar-refractivity contribution in [1.82, 2.24) is 5.32 Å². The van der Waals surface area contributed by atoms with Gasteiger partial charge in [-0.25, -0.2) is 4.39 Å². The molecule has 0 aromatic heterocycles. The van der Waals surface area contributed by atoms with E-state index in [-0.39, 0.29) is 11.3 Å². The molecule has 0 radical (unpaired) electrons. The molecule has 0 spiro atoms. The summed E-state index contributed by atoms with van der Waals surface area (Å²) in [5, 5.41) is 11.7. The van der Waals surface area contributed by atoms with Gasteiger partial charge in [0.05, 0.1) is 11.7 Å². The third-order valence-corrected chi connectivity index (χ3v) is 3.46. The Morgan fingerprint density at radius 2 is 2.15 bits per heavy atom. The number of benzene rings is 1. The molecule has 0 atom stereocenters. The lowest BCUT2D eigenvalue weighted by Crippen LogP contribution is -2.26. The van der Waals surface area contributed by atoms with Gasteiger partial charge in [-0.1, -0.05) is 12.8 Å². The van der Waals surface area contributed by atoms with Crippen molar-refractivity contribution in [3.05, 3.63) is 29.6 Å². The molecule has 1 saturated carbocycles. The van der Waals surface area contributed by atoms with Crippen molar-refractivity contribution in [2.75, 3.05) is 13.2 Å². The van der Waals surface area contributed by atoms with Crippen LogP contribution in [0.3, 0.4) is 0 Å². The van der Waals surface area contributed by atoms with Gasteiger partial charge in [-0.2, -0.15) is 0 Å². The first kappa shape index (κ1) is 14.8. The SMILES string of the molecule is O=C(NCCCOC1CCCC1)c1ccc(O)cc1F. The number of carbonyl (C=O) groups excluding carboxylic acids is 1. The summed E-state index contributed by atoms with van der Waals surface area (Å²) >= 11 is 0. The highest BCUT2D eigenvalue weighted by Gasteiger charge is 2.15. The molecule has 1 aromatic rings. The van der Waals surface area contributed by atoms with Crippen LogP contribution in [0, 0.1) is 5.82 Å². The van der Waals surface area contributed by atoms with E-state index < -0.39 is 11.7 Å². The molecular formula is C15H20FNO3. The van der Waals surface area contributed by atoms with Gasteiger partial charge in [0.1, 0.15) is 11.6 Å². The fraction of sp³-hybridized carbons (Fsp3) is 0.533. The predicted octanol–water partition coefficient (Wildman–Crippen LogP) is 2.61. The Morgan fingerprint density at radius 3 is 2.85 bits per heavy atom. The first-order valence-corrected chi connectivity index (χ1v) is 7.05. The Labute approximate surface area is 117 Å². The summed E-state index contributed by atoms with van der Waals surface area (Å²) in [6, 6.07) is 3.49. The van der Waals surface area contributed by atoms with Crippen LogP contribution in [0.15, 0.2) is 18.2 Å². The van der Waals surface area contributed by atoms with E-state index in [4.69, 9.17) is 9.84 Å². The molecular weight excluding hydrogens is 261 g/mol. The van der Waals surface area contributed by atoms with Gasteiger partial charge in [0.15, 0.2) is 0 Å². The number of hydrogen-bond acceptors (Lipinski definition) is 3. The summed E-state index contributed by atoms with van der Waals surface area (Å²) in [5.74, 6) is -1.38. The van der Waals surface area contributed by atoms with Crippen molar-refractivity contribution in [2.45, 2.75) is 38.2 Å². The number of phenolic OH excluding ortho intramolecular Hbond substituents is 1. The van der Waals surface area contributed by atoms with Gasteiger partial charge in [0.25, 0.3) is 5.91 Å². The fourth-order valence-corrected chi connectivity index (χ4v) is 2.36. The van der Waals surface area contributed by atoms with E-state index in [1.54, 1.807) is 0 Å². The largest absolute Gasteiger partial charge is 0.508 e. The van der Waals surface area contributed by atoms with Crippen molar-refractivity contribution in [3.8, 4) is 5.75 Å². The third kappa shape index (κ3) is 4.20. The van der Waals surface area contributed by atoms with Crippen LogP contribution in [-0.2, 0) is 4.74 Å². The summed E-state index contributed by atoms with van der Waals surface area (Å²) in [4.78, 5) is 11.7. The average Bonchev–Trinajstić information content (AvgIpc) is 2.91. The van der Waals surface area contributed by atoms with Gasteiger partial charge in [0.2, 0.25) is 0 Å². The zero-order valence-corrected chi connectivity index (χ0v) is 11.4. The molecule has 110 valence electrons. The first-order chi connectivity index (χ1) is 9.66. The molecule has 1 aliphatic carbocycles. The number of nitrogens with one attached hydrogen (secondary N) is 1. The van der Waals surface area contributed by atoms with E-state index in [1.165, 1.54) is 25.0 Å². The van der Waals surface area contributed by atoms with Crippen LogP contribution in [-0.4, -0.2) is 30.3 Å². The Bertz CT molecular complexity index is 458. The molecule has 1 amide bonds. The van der Waals surface area contributed by atoms with E-state index >= 15 is 0 Å². The molecule has 1 fully saturated rings. The van der Waals surface area contributed by atoms with Crippen LogP contribution < -0.4 is 5.32 Å². The van der Waals surface area contributed by atoms with Crippen LogP contribution in [0.2, 0.25) is 0 Å². The molecule has 2 rings (SSSR count). The number of phenols is 1. The summed E-state index contributed by atoms with van der Waals surface area (Å²) in [7, 11) is 0. The third-order valence-electron chi connectivity index (χ3n) is 3.46. The van der Waals surface area contributed by atoms with Gasteiger partial charge < -0.3 is 15.2 Å². The maximum atomic E-state index is 13.4. The minimum Gasteiger partial charge on any atom is -0.508 e. The summed E-state index contributed by atoms with van der Waals surface area (Å²) in [5.41, 5.74) is -0.0560. The number of aromatic hydroxyl groups is 1. The smallest absolute Gasteiger partial charge is 0.254 e. The van der Waals surface area contributed by atoms with Crippen LogP contribution in [0.5, 0.6) is 5.75 Å². The molecule has 0 bridgehead atoms. The lowest BCUT2D eigenvalue weighted by Gasteiger charge is -2.11. The molecule has 1 aliphatic rings. The van der Waals surface area contributed by atoms with Crippen molar-refractivity contribution in [2.24, 2.45) is 0 Å². The lowest BCUT2D eigenvalue weighted by molar-refractivity contribution is 0.0565. The van der Waals surface area contributed by atoms with E-state index in [2.05, 4.69) is 5.32 Å². The topological polar surface area (TPSA) is 58.6 Å². The predicted molar refractivity (Wildman–Crippen MR) is 73.2 cm³/mol. The second kappa shape index (κ2) is 7.24. The van der Waals surface area contributed by atoms with Crippen LogP contribution in [0.4, 0.5) is 4.39 Å². The van der Waals surface area contributed by atoms with Gasteiger partial charge in [-0.15, -0.1) is 0 Å². The molecule has 4 nitrogen and oxygen atoms in total. The molecule has 0 heterocycles.